The second-order valence-corrected chi connectivity index (χ2v) is 4.37. The van der Waals surface area contributed by atoms with Crippen molar-refractivity contribution in [3.8, 4) is 5.75 Å². The number of ether oxygens (including phenoxy) is 2. The first-order valence-corrected chi connectivity index (χ1v) is 5.76. The van der Waals surface area contributed by atoms with Crippen molar-refractivity contribution in [3.05, 3.63) is 28.2 Å². The van der Waals surface area contributed by atoms with Crippen LogP contribution in [0.15, 0.2) is 22.7 Å². The molecule has 1 unspecified atom stereocenters. The Morgan fingerprint density at radius 1 is 1.53 bits per heavy atom. The zero-order chi connectivity index (χ0) is 10.7. The number of benzene rings is 1. The topological polar surface area (TPSA) is 30.5 Å². The van der Waals surface area contributed by atoms with Gasteiger partial charge < -0.3 is 14.8 Å². The molecule has 0 aromatic heterocycles. The molecule has 3 nitrogen and oxygen atoms in total. The third-order valence-corrected chi connectivity index (χ3v) is 2.96. The normalized spacial score (nSPS) is 21.3. The standard InChI is InChI=1S/C11H14BrNO2/c1-14-10-3-2-8(12)6-9(10)11-7-13-4-5-15-11/h2-3,6,11,13H,4-5,7H2,1H3. The molecule has 82 valence electrons. The van der Waals surface area contributed by atoms with Gasteiger partial charge in [0, 0.05) is 23.1 Å². The lowest BCUT2D eigenvalue weighted by Gasteiger charge is -2.25. The first-order valence-electron chi connectivity index (χ1n) is 4.97. The number of hydrogen-bond donors (Lipinski definition) is 1. The molecule has 0 saturated carbocycles. The van der Waals surface area contributed by atoms with Crippen LogP contribution in [0.4, 0.5) is 0 Å². The van der Waals surface area contributed by atoms with Crippen LogP contribution in [0.25, 0.3) is 0 Å². The molecule has 1 atom stereocenters. The Kier molecular flexibility index (Phi) is 3.61. The van der Waals surface area contributed by atoms with E-state index in [1.165, 1.54) is 0 Å². The molecule has 1 fully saturated rings. The summed E-state index contributed by atoms with van der Waals surface area (Å²) in [7, 11) is 1.68. The van der Waals surface area contributed by atoms with Gasteiger partial charge in [0.05, 0.1) is 19.8 Å². The molecule has 0 bridgehead atoms. The van der Waals surface area contributed by atoms with Gasteiger partial charge >= 0.3 is 0 Å². The van der Waals surface area contributed by atoms with E-state index in [4.69, 9.17) is 9.47 Å². The monoisotopic (exact) mass is 271 g/mol. The van der Waals surface area contributed by atoms with E-state index in [2.05, 4.69) is 27.3 Å². The fraction of sp³-hybridized carbons (Fsp3) is 0.455. The Labute approximate surface area is 97.9 Å². The van der Waals surface area contributed by atoms with Gasteiger partial charge in [-0.05, 0) is 18.2 Å². The van der Waals surface area contributed by atoms with Gasteiger partial charge in [0.1, 0.15) is 5.75 Å². The lowest BCUT2D eigenvalue weighted by molar-refractivity contribution is 0.0262. The lowest BCUT2D eigenvalue weighted by Crippen LogP contribution is -2.33. The maximum Gasteiger partial charge on any atom is 0.124 e. The third kappa shape index (κ3) is 2.51. The summed E-state index contributed by atoms with van der Waals surface area (Å²) in [6, 6.07) is 5.98. The summed E-state index contributed by atoms with van der Waals surface area (Å²) in [6.45, 7) is 2.51. The van der Waals surface area contributed by atoms with Crippen molar-refractivity contribution < 1.29 is 9.47 Å². The Hall–Kier alpha value is -0.580. The number of hydrogen-bond acceptors (Lipinski definition) is 3. The van der Waals surface area contributed by atoms with Crippen molar-refractivity contribution in [2.24, 2.45) is 0 Å². The van der Waals surface area contributed by atoms with Crippen LogP contribution in [0.3, 0.4) is 0 Å². The van der Waals surface area contributed by atoms with Crippen molar-refractivity contribution in [1.82, 2.24) is 5.32 Å². The van der Waals surface area contributed by atoms with Gasteiger partial charge in [0.25, 0.3) is 0 Å². The van der Waals surface area contributed by atoms with Crippen LogP contribution in [0, 0.1) is 0 Å². The highest BCUT2D eigenvalue weighted by Gasteiger charge is 2.19. The van der Waals surface area contributed by atoms with Crippen molar-refractivity contribution in [2.75, 3.05) is 26.8 Å². The summed E-state index contributed by atoms with van der Waals surface area (Å²) in [5, 5.41) is 3.31. The molecule has 4 heteroatoms. The van der Waals surface area contributed by atoms with E-state index in [-0.39, 0.29) is 6.10 Å². The molecule has 0 amide bonds. The van der Waals surface area contributed by atoms with Crippen LogP contribution in [-0.4, -0.2) is 26.8 Å². The van der Waals surface area contributed by atoms with Crippen molar-refractivity contribution in [3.63, 3.8) is 0 Å². The van der Waals surface area contributed by atoms with Gasteiger partial charge in [-0.25, -0.2) is 0 Å². The number of halogens is 1. The minimum Gasteiger partial charge on any atom is -0.496 e. The average Bonchev–Trinajstić information content (AvgIpc) is 2.30. The van der Waals surface area contributed by atoms with Crippen LogP contribution in [0.1, 0.15) is 11.7 Å². The molecule has 1 aromatic carbocycles. The van der Waals surface area contributed by atoms with Crippen LogP contribution in [-0.2, 0) is 4.74 Å². The molecule has 0 aliphatic carbocycles. The van der Waals surface area contributed by atoms with Gasteiger partial charge in [0.2, 0.25) is 0 Å². The molecule has 0 spiro atoms. The Morgan fingerprint density at radius 3 is 3.07 bits per heavy atom. The quantitative estimate of drug-likeness (QED) is 0.894. The number of morpholine rings is 1. The summed E-state index contributed by atoms with van der Waals surface area (Å²) in [5.41, 5.74) is 1.10. The predicted octanol–water partition coefficient (Wildman–Crippen LogP) is 2.12. The summed E-state index contributed by atoms with van der Waals surface area (Å²) in [5.74, 6) is 0.881. The fourth-order valence-electron chi connectivity index (χ4n) is 1.72. The molecule has 1 aromatic rings. The highest BCUT2D eigenvalue weighted by atomic mass is 79.9. The van der Waals surface area contributed by atoms with Gasteiger partial charge in [-0.15, -0.1) is 0 Å². The lowest BCUT2D eigenvalue weighted by atomic mass is 10.1. The minimum absolute atomic E-state index is 0.0891. The average molecular weight is 272 g/mol. The number of nitrogens with one attached hydrogen (secondary N) is 1. The Balaban J connectivity index is 2.27. The van der Waals surface area contributed by atoms with Gasteiger partial charge in [-0.1, -0.05) is 15.9 Å². The van der Waals surface area contributed by atoms with E-state index in [0.29, 0.717) is 0 Å². The van der Waals surface area contributed by atoms with E-state index >= 15 is 0 Å². The molecule has 1 N–H and O–H groups in total. The van der Waals surface area contributed by atoms with E-state index < -0.39 is 0 Å². The first kappa shape index (κ1) is 10.9. The van der Waals surface area contributed by atoms with E-state index in [1.54, 1.807) is 7.11 Å². The van der Waals surface area contributed by atoms with E-state index in [0.717, 1.165) is 35.5 Å². The van der Waals surface area contributed by atoms with Crippen molar-refractivity contribution >= 4 is 15.9 Å². The van der Waals surface area contributed by atoms with Crippen LogP contribution in [0.2, 0.25) is 0 Å². The SMILES string of the molecule is COc1ccc(Br)cc1C1CNCCO1. The molecule has 1 saturated heterocycles. The van der Waals surface area contributed by atoms with Crippen LogP contribution >= 0.6 is 15.9 Å². The molecule has 2 rings (SSSR count). The molecular formula is C11H14BrNO2. The summed E-state index contributed by atoms with van der Waals surface area (Å²) >= 11 is 3.46. The van der Waals surface area contributed by atoms with Gasteiger partial charge in [-0.2, -0.15) is 0 Å². The second-order valence-electron chi connectivity index (χ2n) is 3.45. The summed E-state index contributed by atoms with van der Waals surface area (Å²) in [6.07, 6.45) is 0.0891. The van der Waals surface area contributed by atoms with Crippen molar-refractivity contribution in [2.45, 2.75) is 6.10 Å². The maximum absolute atomic E-state index is 5.70. The molecule has 1 heterocycles. The van der Waals surface area contributed by atoms with E-state index in [9.17, 15) is 0 Å². The Morgan fingerprint density at radius 2 is 2.40 bits per heavy atom. The second kappa shape index (κ2) is 4.96. The molecule has 1 aliphatic rings. The van der Waals surface area contributed by atoms with Gasteiger partial charge in [0.15, 0.2) is 0 Å². The Bertz CT molecular complexity index is 337. The van der Waals surface area contributed by atoms with Crippen LogP contribution in [0.5, 0.6) is 5.75 Å². The zero-order valence-corrected chi connectivity index (χ0v) is 10.2. The number of rotatable bonds is 2. The molecule has 0 radical (unpaired) electrons. The number of methoxy groups -OCH3 is 1. The maximum atomic E-state index is 5.70. The largest absolute Gasteiger partial charge is 0.496 e. The van der Waals surface area contributed by atoms with Gasteiger partial charge in [-0.3, -0.25) is 0 Å². The molecule has 1 aliphatic heterocycles. The highest BCUT2D eigenvalue weighted by Crippen LogP contribution is 2.30. The smallest absolute Gasteiger partial charge is 0.124 e. The summed E-state index contributed by atoms with van der Waals surface area (Å²) < 4.78 is 12.1. The summed E-state index contributed by atoms with van der Waals surface area (Å²) in [4.78, 5) is 0. The van der Waals surface area contributed by atoms with Crippen LogP contribution < -0.4 is 10.1 Å². The third-order valence-electron chi connectivity index (χ3n) is 2.47. The zero-order valence-electron chi connectivity index (χ0n) is 8.63. The highest BCUT2D eigenvalue weighted by molar-refractivity contribution is 9.10. The van der Waals surface area contributed by atoms with Crippen molar-refractivity contribution in [1.29, 1.82) is 0 Å². The predicted molar refractivity (Wildman–Crippen MR) is 62.3 cm³/mol. The fourth-order valence-corrected chi connectivity index (χ4v) is 2.10. The first-order chi connectivity index (χ1) is 7.31. The van der Waals surface area contributed by atoms with E-state index in [1.807, 2.05) is 12.1 Å². The molecule has 15 heavy (non-hydrogen) atoms. The minimum atomic E-state index is 0.0891. The molecular weight excluding hydrogens is 258 g/mol.